The van der Waals surface area contributed by atoms with Crippen LogP contribution in [-0.4, -0.2) is 5.60 Å². The van der Waals surface area contributed by atoms with Crippen LogP contribution in [0.4, 0.5) is 0 Å². The summed E-state index contributed by atoms with van der Waals surface area (Å²) in [5.41, 5.74) is -0.394. The van der Waals surface area contributed by atoms with E-state index in [-0.39, 0.29) is 24.8 Å². The number of allylic oxidation sites excluding steroid dienone is 2. The average Bonchev–Trinajstić information content (AvgIpc) is 1.79. The Morgan fingerprint density at radius 1 is 1.50 bits per heavy atom. The van der Waals surface area contributed by atoms with Gasteiger partial charge in [0, 0.05) is 11.5 Å². The van der Waals surface area contributed by atoms with Crippen LogP contribution in [0.1, 0.15) is 27.2 Å². The van der Waals surface area contributed by atoms with E-state index in [2.05, 4.69) is 6.58 Å². The Morgan fingerprint density at radius 2 is 2.00 bits per heavy atom. The number of hydrogen-bond donors (Lipinski definition) is 0. The summed E-state index contributed by atoms with van der Waals surface area (Å²) in [5, 5.41) is 10.9. The third kappa shape index (κ3) is 9.68. The largest absolute Gasteiger partial charge is 1.00 e. The molecule has 0 N–H and O–H groups in total. The molecule has 0 saturated heterocycles. The van der Waals surface area contributed by atoms with E-state index < -0.39 is 5.60 Å². The van der Waals surface area contributed by atoms with Gasteiger partial charge in [0.25, 0.3) is 0 Å². The third-order valence-corrected chi connectivity index (χ3v) is 0.858. The molecule has 0 heterocycles. The van der Waals surface area contributed by atoms with E-state index in [1.165, 1.54) is 6.08 Å². The van der Waals surface area contributed by atoms with Crippen LogP contribution in [0, 0.1) is 0 Å². The summed E-state index contributed by atoms with van der Waals surface area (Å²) in [5.74, 6) is -0.280. The average molecular weight is 162 g/mol. The van der Waals surface area contributed by atoms with Gasteiger partial charge in [-0.3, -0.25) is 0 Å². The Morgan fingerprint density at radius 3 is 2.33 bits per heavy atom. The standard InChI is InChI=1S/C9H16O2.Li/c1-5-6-7-8(10)11-9(2,3)4;/h5,7,10H,1,6H2,2-4H3;/q;+1/p-1/b8-7-;. The Balaban J connectivity index is 0. The molecule has 0 aromatic rings. The fourth-order valence-electron chi connectivity index (χ4n) is 0.523. The summed E-state index contributed by atoms with van der Waals surface area (Å²) in [7, 11) is 0. The summed E-state index contributed by atoms with van der Waals surface area (Å²) in [6, 6.07) is 0. The Hall–Kier alpha value is -0.323. The first kappa shape index (κ1) is 14.2. The zero-order valence-corrected chi connectivity index (χ0v) is 8.39. The van der Waals surface area contributed by atoms with Crippen LogP contribution in [0.15, 0.2) is 24.7 Å². The smallest absolute Gasteiger partial charge is 0.608 e. The SMILES string of the molecule is C=CC/C=C(/[O-])OC(C)(C)C.[Li+]. The Kier molecular flexibility index (Phi) is 7.37. The van der Waals surface area contributed by atoms with Crippen molar-refractivity contribution in [3.63, 3.8) is 0 Å². The predicted molar refractivity (Wildman–Crippen MR) is 43.7 cm³/mol. The van der Waals surface area contributed by atoms with Gasteiger partial charge in [0.1, 0.15) is 0 Å². The van der Waals surface area contributed by atoms with Crippen LogP contribution in [0.5, 0.6) is 0 Å². The van der Waals surface area contributed by atoms with Crippen LogP contribution in [0.2, 0.25) is 0 Å². The second kappa shape index (κ2) is 6.22. The molecule has 0 rings (SSSR count). The normalized spacial score (nSPS) is 11.8. The maximum atomic E-state index is 10.9. The minimum atomic E-state index is -0.394. The van der Waals surface area contributed by atoms with Crippen LogP contribution in [0.3, 0.4) is 0 Å². The Bertz CT molecular complexity index is 156. The monoisotopic (exact) mass is 162 g/mol. The molecule has 0 amide bonds. The minimum Gasteiger partial charge on any atom is -0.608 e. The van der Waals surface area contributed by atoms with E-state index in [4.69, 9.17) is 4.74 Å². The van der Waals surface area contributed by atoms with Gasteiger partial charge in [-0.05, 0) is 6.42 Å². The van der Waals surface area contributed by atoms with Crippen molar-refractivity contribution < 1.29 is 28.7 Å². The van der Waals surface area contributed by atoms with Crippen LogP contribution < -0.4 is 24.0 Å². The first-order valence-corrected chi connectivity index (χ1v) is 3.63. The molecule has 0 radical (unpaired) electrons. The molecule has 0 aliphatic heterocycles. The second-order valence-corrected chi connectivity index (χ2v) is 3.26. The van der Waals surface area contributed by atoms with Crippen molar-refractivity contribution in [1.29, 1.82) is 0 Å². The Labute approximate surface area is 86.5 Å². The molecule has 0 aromatic heterocycles. The quantitative estimate of drug-likeness (QED) is 0.290. The topological polar surface area (TPSA) is 32.3 Å². The predicted octanol–water partition coefficient (Wildman–Crippen LogP) is -1.42. The maximum absolute atomic E-state index is 10.9. The number of rotatable bonds is 3. The first-order valence-electron chi connectivity index (χ1n) is 3.63. The summed E-state index contributed by atoms with van der Waals surface area (Å²) >= 11 is 0. The van der Waals surface area contributed by atoms with E-state index in [0.717, 1.165) is 0 Å². The van der Waals surface area contributed by atoms with E-state index in [9.17, 15) is 5.11 Å². The number of hydrogen-bond acceptors (Lipinski definition) is 2. The molecular weight excluding hydrogens is 147 g/mol. The fourth-order valence-corrected chi connectivity index (χ4v) is 0.523. The van der Waals surface area contributed by atoms with Crippen LogP contribution in [0.25, 0.3) is 0 Å². The minimum absolute atomic E-state index is 0. The molecule has 0 aromatic carbocycles. The second-order valence-electron chi connectivity index (χ2n) is 3.26. The van der Waals surface area contributed by atoms with Crippen molar-refractivity contribution >= 4 is 0 Å². The molecule has 0 aliphatic carbocycles. The molecule has 0 atom stereocenters. The van der Waals surface area contributed by atoms with Crippen molar-refractivity contribution in [2.45, 2.75) is 32.8 Å². The zero-order chi connectivity index (χ0) is 8.91. The molecule has 64 valence electrons. The van der Waals surface area contributed by atoms with Crippen molar-refractivity contribution in [2.24, 2.45) is 0 Å². The maximum Gasteiger partial charge on any atom is 1.00 e. The molecule has 3 heteroatoms. The first-order chi connectivity index (χ1) is 4.95. The van der Waals surface area contributed by atoms with Crippen molar-refractivity contribution in [3.05, 3.63) is 24.7 Å². The molecule has 0 unspecified atom stereocenters. The molecule has 0 spiro atoms. The third-order valence-electron chi connectivity index (χ3n) is 0.858. The summed E-state index contributed by atoms with van der Waals surface area (Å²) in [6.45, 7) is 9.01. The van der Waals surface area contributed by atoms with Gasteiger partial charge < -0.3 is 9.84 Å². The van der Waals surface area contributed by atoms with Gasteiger partial charge in [-0.2, -0.15) is 0 Å². The molecule has 0 saturated carbocycles. The van der Waals surface area contributed by atoms with Gasteiger partial charge >= 0.3 is 18.9 Å². The van der Waals surface area contributed by atoms with Gasteiger partial charge in [-0.25, -0.2) is 0 Å². The molecule has 12 heavy (non-hydrogen) atoms. The van der Waals surface area contributed by atoms with Crippen molar-refractivity contribution in [2.75, 3.05) is 0 Å². The molecule has 0 bridgehead atoms. The van der Waals surface area contributed by atoms with Crippen LogP contribution >= 0.6 is 0 Å². The molecule has 0 aliphatic rings. The van der Waals surface area contributed by atoms with E-state index in [0.29, 0.717) is 6.42 Å². The molecular formula is C9H15LiO2. The van der Waals surface area contributed by atoms with Gasteiger partial charge in [-0.15, -0.1) is 6.58 Å². The van der Waals surface area contributed by atoms with Gasteiger partial charge in [0.15, 0.2) is 0 Å². The molecule has 0 fully saturated rings. The summed E-state index contributed by atoms with van der Waals surface area (Å²) in [4.78, 5) is 0. The van der Waals surface area contributed by atoms with E-state index in [1.807, 2.05) is 20.8 Å². The summed E-state index contributed by atoms with van der Waals surface area (Å²) in [6.07, 6.45) is 3.69. The number of ether oxygens (including phenoxy) is 1. The van der Waals surface area contributed by atoms with E-state index >= 15 is 0 Å². The van der Waals surface area contributed by atoms with E-state index in [1.54, 1.807) is 6.08 Å². The molecule has 2 nitrogen and oxygen atoms in total. The van der Waals surface area contributed by atoms with Crippen LogP contribution in [-0.2, 0) is 4.74 Å². The fraction of sp³-hybridized carbons (Fsp3) is 0.556. The summed E-state index contributed by atoms with van der Waals surface area (Å²) < 4.78 is 5.00. The zero-order valence-electron chi connectivity index (χ0n) is 8.39. The van der Waals surface area contributed by atoms with Gasteiger partial charge in [0.2, 0.25) is 0 Å². The van der Waals surface area contributed by atoms with Crippen molar-refractivity contribution in [3.8, 4) is 0 Å². The van der Waals surface area contributed by atoms with Gasteiger partial charge in [0.05, 0.1) is 0 Å². The van der Waals surface area contributed by atoms with Crippen molar-refractivity contribution in [1.82, 2.24) is 0 Å². The van der Waals surface area contributed by atoms with Gasteiger partial charge in [-0.1, -0.05) is 32.9 Å².